The summed E-state index contributed by atoms with van der Waals surface area (Å²) < 4.78 is 8.58. The van der Waals surface area contributed by atoms with Crippen molar-refractivity contribution in [3.8, 4) is 0 Å². The minimum absolute atomic E-state index is 0.468. The zero-order chi connectivity index (χ0) is 12.7. The normalized spacial score (nSPS) is 9.75. The van der Waals surface area contributed by atoms with Crippen molar-refractivity contribution in [3.63, 3.8) is 0 Å². The van der Waals surface area contributed by atoms with Crippen LogP contribution in [0.5, 0.6) is 0 Å². The van der Waals surface area contributed by atoms with Crippen LogP contribution in [0.1, 0.15) is 19.8 Å². The molecule has 0 atom stereocenters. The Hall–Kier alpha value is -1.72. The topological polar surface area (TPSA) is 86.7 Å². The molecule has 90 valence electrons. The maximum Gasteiger partial charge on any atom is 0.313 e. The molecule has 0 spiro atoms. The van der Waals surface area contributed by atoms with E-state index in [-0.39, 0.29) is 0 Å². The first-order chi connectivity index (χ1) is 7.42. The Morgan fingerprint density at radius 3 is 1.44 bits per heavy atom. The molecule has 0 aromatic carbocycles. The fraction of sp³-hybridized carbons (Fsp3) is 0.600. The molecule has 0 aliphatic heterocycles. The van der Waals surface area contributed by atoms with Crippen LogP contribution in [-0.4, -0.2) is 37.7 Å². The second-order valence-corrected chi connectivity index (χ2v) is 3.16. The molecule has 0 rings (SSSR count). The van der Waals surface area contributed by atoms with Crippen LogP contribution in [0.15, 0.2) is 0 Å². The molecule has 6 nitrogen and oxygen atoms in total. The van der Waals surface area contributed by atoms with E-state index in [0.29, 0.717) is 0 Å². The fourth-order valence-electron chi connectivity index (χ4n) is 0.915. The van der Waals surface area contributed by atoms with Crippen LogP contribution in [0.25, 0.3) is 0 Å². The molecule has 0 heterocycles. The van der Waals surface area contributed by atoms with Gasteiger partial charge < -0.3 is 9.47 Å². The van der Waals surface area contributed by atoms with E-state index < -0.39 is 42.3 Å². The number of ketones is 2. The second kappa shape index (κ2) is 6.71. The van der Waals surface area contributed by atoms with Gasteiger partial charge in [-0.2, -0.15) is 0 Å². The van der Waals surface area contributed by atoms with Gasteiger partial charge in [-0.05, 0) is 6.92 Å². The van der Waals surface area contributed by atoms with Crippen LogP contribution in [0, 0.1) is 5.92 Å². The van der Waals surface area contributed by atoms with Gasteiger partial charge in [0, 0.05) is 0 Å². The summed E-state index contributed by atoms with van der Waals surface area (Å²) in [7, 11) is 2.30. The Morgan fingerprint density at radius 1 is 0.875 bits per heavy atom. The lowest BCUT2D eigenvalue weighted by atomic mass is 9.97. The lowest BCUT2D eigenvalue weighted by Crippen LogP contribution is -2.25. The molecular formula is C10H14O6. The summed E-state index contributed by atoms with van der Waals surface area (Å²) in [5.41, 5.74) is 0. The average Bonchev–Trinajstić information content (AvgIpc) is 2.27. The number of carbonyl (C=O) groups is 4. The Morgan fingerprint density at radius 2 is 1.19 bits per heavy atom. The largest absolute Gasteiger partial charge is 0.469 e. The molecule has 0 N–H and O–H groups in total. The fourth-order valence-corrected chi connectivity index (χ4v) is 0.915. The molecule has 0 saturated carbocycles. The van der Waals surface area contributed by atoms with E-state index in [1.807, 2.05) is 0 Å². The van der Waals surface area contributed by atoms with Crippen molar-refractivity contribution in [2.45, 2.75) is 19.8 Å². The quantitative estimate of drug-likeness (QED) is 0.467. The van der Waals surface area contributed by atoms with Crippen LogP contribution >= 0.6 is 0 Å². The van der Waals surface area contributed by atoms with Crippen molar-refractivity contribution in [2.75, 3.05) is 14.2 Å². The number of methoxy groups -OCH3 is 2. The summed E-state index contributed by atoms with van der Waals surface area (Å²) in [5.74, 6) is -3.55. The van der Waals surface area contributed by atoms with Crippen LogP contribution in [0.3, 0.4) is 0 Å². The SMILES string of the molecule is COC(=O)CC(=O)C(C)C(=O)CC(=O)OC. The highest BCUT2D eigenvalue weighted by atomic mass is 16.5. The molecule has 0 unspecified atom stereocenters. The predicted octanol–water partition coefficient (Wildman–Crippen LogP) is -0.113. The molecule has 0 radical (unpaired) electrons. The summed E-state index contributed by atoms with van der Waals surface area (Å²) in [6.07, 6.45) is -0.935. The average molecular weight is 230 g/mol. The molecule has 0 amide bonds. The molecule has 0 aliphatic rings. The van der Waals surface area contributed by atoms with Gasteiger partial charge >= 0.3 is 11.9 Å². The highest BCUT2D eigenvalue weighted by molar-refractivity contribution is 6.11. The van der Waals surface area contributed by atoms with E-state index in [1.165, 1.54) is 6.92 Å². The first-order valence-corrected chi connectivity index (χ1v) is 4.61. The Kier molecular flexibility index (Phi) is 5.99. The van der Waals surface area contributed by atoms with Gasteiger partial charge in [-0.1, -0.05) is 0 Å². The second-order valence-electron chi connectivity index (χ2n) is 3.16. The Bertz CT molecular complexity index is 276. The molecular weight excluding hydrogens is 216 g/mol. The number of esters is 2. The molecule has 16 heavy (non-hydrogen) atoms. The molecule has 0 aromatic heterocycles. The predicted molar refractivity (Wildman–Crippen MR) is 52.4 cm³/mol. The van der Waals surface area contributed by atoms with Gasteiger partial charge in [-0.15, -0.1) is 0 Å². The highest BCUT2D eigenvalue weighted by Gasteiger charge is 2.25. The number of Topliss-reactive ketones (excluding diaryl/α,β-unsaturated/α-hetero) is 2. The molecule has 0 bridgehead atoms. The van der Waals surface area contributed by atoms with Crippen LogP contribution < -0.4 is 0 Å². The third-order valence-electron chi connectivity index (χ3n) is 2.06. The van der Waals surface area contributed by atoms with Gasteiger partial charge in [0.1, 0.15) is 12.8 Å². The zero-order valence-corrected chi connectivity index (χ0v) is 9.44. The van der Waals surface area contributed by atoms with Crippen LogP contribution in [0.2, 0.25) is 0 Å². The van der Waals surface area contributed by atoms with Crippen molar-refractivity contribution < 1.29 is 28.7 Å². The Balaban J connectivity index is 4.27. The van der Waals surface area contributed by atoms with E-state index in [9.17, 15) is 19.2 Å². The lowest BCUT2D eigenvalue weighted by Gasteiger charge is -2.07. The summed E-state index contributed by atoms with van der Waals surface area (Å²) >= 11 is 0. The van der Waals surface area contributed by atoms with Crippen LogP contribution in [-0.2, 0) is 28.7 Å². The lowest BCUT2D eigenvalue weighted by molar-refractivity contribution is -0.145. The van der Waals surface area contributed by atoms with E-state index >= 15 is 0 Å². The molecule has 6 heteroatoms. The van der Waals surface area contributed by atoms with Crippen molar-refractivity contribution in [1.82, 2.24) is 0 Å². The summed E-state index contributed by atoms with van der Waals surface area (Å²) in [6.45, 7) is 1.34. The maximum absolute atomic E-state index is 11.3. The number of hydrogen-bond acceptors (Lipinski definition) is 6. The third kappa shape index (κ3) is 4.68. The zero-order valence-electron chi connectivity index (χ0n) is 9.44. The highest BCUT2D eigenvalue weighted by Crippen LogP contribution is 2.06. The van der Waals surface area contributed by atoms with Gasteiger partial charge in [0.2, 0.25) is 0 Å². The van der Waals surface area contributed by atoms with E-state index in [2.05, 4.69) is 9.47 Å². The van der Waals surface area contributed by atoms with Gasteiger partial charge in [0.25, 0.3) is 0 Å². The van der Waals surface area contributed by atoms with E-state index in [0.717, 1.165) is 14.2 Å². The van der Waals surface area contributed by atoms with Gasteiger partial charge in [-0.25, -0.2) is 0 Å². The number of ether oxygens (including phenoxy) is 2. The van der Waals surface area contributed by atoms with Gasteiger partial charge in [0.05, 0.1) is 20.1 Å². The summed E-state index contributed by atoms with van der Waals surface area (Å²) in [4.78, 5) is 44.3. The number of rotatable bonds is 6. The molecule has 0 aliphatic carbocycles. The minimum Gasteiger partial charge on any atom is -0.469 e. The van der Waals surface area contributed by atoms with Crippen molar-refractivity contribution in [1.29, 1.82) is 0 Å². The maximum atomic E-state index is 11.3. The van der Waals surface area contributed by atoms with Crippen molar-refractivity contribution >= 4 is 23.5 Å². The van der Waals surface area contributed by atoms with Crippen molar-refractivity contribution in [2.24, 2.45) is 5.92 Å². The summed E-state index contributed by atoms with van der Waals surface area (Å²) in [6, 6.07) is 0. The first-order valence-electron chi connectivity index (χ1n) is 4.61. The van der Waals surface area contributed by atoms with E-state index in [1.54, 1.807) is 0 Å². The number of carbonyl (C=O) groups excluding carboxylic acids is 4. The molecule has 0 fully saturated rings. The monoisotopic (exact) mass is 230 g/mol. The number of hydrogen-bond donors (Lipinski definition) is 0. The van der Waals surface area contributed by atoms with Crippen molar-refractivity contribution in [3.05, 3.63) is 0 Å². The van der Waals surface area contributed by atoms with E-state index in [4.69, 9.17) is 0 Å². The molecule has 0 aromatic rings. The molecule has 0 saturated heterocycles. The smallest absolute Gasteiger partial charge is 0.313 e. The summed E-state index contributed by atoms with van der Waals surface area (Å²) in [5, 5.41) is 0. The third-order valence-corrected chi connectivity index (χ3v) is 2.06. The minimum atomic E-state index is -1.00. The van der Waals surface area contributed by atoms with Gasteiger partial charge in [-0.3, -0.25) is 19.2 Å². The van der Waals surface area contributed by atoms with Gasteiger partial charge in [0.15, 0.2) is 11.6 Å². The standard InChI is InChI=1S/C10H14O6/c1-6(7(11)4-9(13)15-2)8(12)5-10(14)16-3/h6H,4-5H2,1-3H3. The Labute approximate surface area is 92.9 Å². The first kappa shape index (κ1) is 14.3. The van der Waals surface area contributed by atoms with Crippen LogP contribution in [0.4, 0.5) is 0 Å².